The van der Waals surface area contributed by atoms with Crippen LogP contribution in [-0.2, 0) is 0 Å². The van der Waals surface area contributed by atoms with Crippen molar-refractivity contribution in [2.45, 2.75) is 6.42 Å². The monoisotopic (exact) mass is 351 g/mol. The zero-order valence-corrected chi connectivity index (χ0v) is 16.0. The zero-order chi connectivity index (χ0) is 18.6. The minimum atomic E-state index is 0.973. The summed E-state index contributed by atoms with van der Waals surface area (Å²) in [6.45, 7) is 0.973. The van der Waals surface area contributed by atoms with E-state index in [4.69, 9.17) is 0 Å². The highest BCUT2D eigenvalue weighted by Crippen LogP contribution is 2.39. The van der Waals surface area contributed by atoms with Crippen LogP contribution < -0.4 is 0 Å². The van der Waals surface area contributed by atoms with Crippen molar-refractivity contribution in [2.24, 2.45) is 0 Å². The van der Waals surface area contributed by atoms with Crippen LogP contribution in [0.25, 0.3) is 27.8 Å². The van der Waals surface area contributed by atoms with Crippen molar-refractivity contribution >= 4 is 5.57 Å². The normalized spacial score (nSPS) is 13.6. The summed E-state index contributed by atoms with van der Waals surface area (Å²) in [5.74, 6) is 0. The Kier molecular flexibility index (Phi) is 5.04. The van der Waals surface area contributed by atoms with E-state index in [1.807, 2.05) is 0 Å². The lowest BCUT2D eigenvalue weighted by Gasteiger charge is -2.18. The van der Waals surface area contributed by atoms with Gasteiger partial charge in [0.1, 0.15) is 0 Å². The molecule has 1 nitrogen and oxygen atoms in total. The standard InChI is InChI=1S/C26H25N/c1-27(2)19-21-13-10-18-23(21)25-16-8-9-17-26(25)24-15-7-6-14-22(24)20-11-4-3-5-12-20/h3-17H,18-19H2,1-2H3. The molecule has 0 fully saturated rings. The Labute approximate surface area is 162 Å². The van der Waals surface area contributed by atoms with E-state index in [0.29, 0.717) is 0 Å². The van der Waals surface area contributed by atoms with Crippen molar-refractivity contribution in [3.05, 3.63) is 102 Å². The number of likely N-dealkylation sites (N-methyl/N-ethyl adjacent to an activating group) is 1. The van der Waals surface area contributed by atoms with Crippen molar-refractivity contribution in [2.75, 3.05) is 20.6 Å². The third-order valence-corrected chi connectivity index (χ3v) is 5.07. The van der Waals surface area contributed by atoms with Gasteiger partial charge in [-0.05, 0) is 59.5 Å². The Morgan fingerprint density at radius 3 is 1.89 bits per heavy atom. The van der Waals surface area contributed by atoms with Crippen molar-refractivity contribution in [3.63, 3.8) is 0 Å². The largest absolute Gasteiger partial charge is 0.305 e. The SMILES string of the molecule is CN(C)CC1=C(c2ccccc2-c2ccccc2-c2ccccc2)CC=C1. The van der Waals surface area contributed by atoms with Gasteiger partial charge in [-0.2, -0.15) is 0 Å². The maximum absolute atomic E-state index is 2.29. The summed E-state index contributed by atoms with van der Waals surface area (Å²) >= 11 is 0. The Morgan fingerprint density at radius 1 is 0.667 bits per heavy atom. The number of nitrogens with zero attached hydrogens (tertiary/aromatic N) is 1. The first-order valence-corrected chi connectivity index (χ1v) is 9.51. The van der Waals surface area contributed by atoms with Crippen LogP contribution in [0, 0.1) is 0 Å². The molecule has 0 saturated heterocycles. The Morgan fingerprint density at radius 2 is 1.22 bits per heavy atom. The van der Waals surface area contributed by atoms with Gasteiger partial charge in [0.15, 0.2) is 0 Å². The fourth-order valence-corrected chi connectivity index (χ4v) is 3.89. The maximum Gasteiger partial charge on any atom is 0.0230 e. The van der Waals surface area contributed by atoms with Gasteiger partial charge in [-0.25, -0.2) is 0 Å². The van der Waals surface area contributed by atoms with Crippen LogP contribution in [-0.4, -0.2) is 25.5 Å². The minimum absolute atomic E-state index is 0.973. The van der Waals surface area contributed by atoms with Gasteiger partial charge >= 0.3 is 0 Å². The van der Waals surface area contributed by atoms with Crippen LogP contribution in [0.2, 0.25) is 0 Å². The molecule has 134 valence electrons. The first-order chi connectivity index (χ1) is 13.2. The van der Waals surface area contributed by atoms with Crippen molar-refractivity contribution in [1.82, 2.24) is 4.90 Å². The molecule has 3 aromatic rings. The molecular formula is C26H25N. The fourth-order valence-electron chi connectivity index (χ4n) is 3.89. The molecule has 1 aliphatic carbocycles. The highest BCUT2D eigenvalue weighted by Gasteiger charge is 2.17. The lowest BCUT2D eigenvalue weighted by atomic mass is 9.88. The summed E-state index contributed by atoms with van der Waals surface area (Å²) in [7, 11) is 4.26. The summed E-state index contributed by atoms with van der Waals surface area (Å²) in [4.78, 5) is 2.24. The van der Waals surface area contributed by atoms with Gasteiger partial charge in [-0.3, -0.25) is 0 Å². The second kappa shape index (κ2) is 7.77. The van der Waals surface area contributed by atoms with Crippen molar-refractivity contribution in [3.8, 4) is 22.3 Å². The number of hydrogen-bond donors (Lipinski definition) is 0. The molecule has 0 N–H and O–H groups in total. The van der Waals surface area contributed by atoms with Crippen LogP contribution in [0.4, 0.5) is 0 Å². The summed E-state index contributed by atoms with van der Waals surface area (Å²) in [5.41, 5.74) is 9.37. The van der Waals surface area contributed by atoms with E-state index < -0.39 is 0 Å². The Hall–Kier alpha value is -2.90. The molecule has 1 aliphatic rings. The van der Waals surface area contributed by atoms with Gasteiger partial charge in [-0.1, -0.05) is 91.0 Å². The van der Waals surface area contributed by atoms with E-state index in [2.05, 4.69) is 110 Å². The first kappa shape index (κ1) is 17.5. The first-order valence-electron chi connectivity index (χ1n) is 9.51. The molecule has 0 unspecified atom stereocenters. The molecule has 0 aromatic heterocycles. The molecule has 0 radical (unpaired) electrons. The van der Waals surface area contributed by atoms with Crippen molar-refractivity contribution in [1.29, 1.82) is 0 Å². The van der Waals surface area contributed by atoms with E-state index in [1.54, 1.807) is 0 Å². The second-order valence-electron chi connectivity index (χ2n) is 7.31. The predicted octanol–water partition coefficient (Wildman–Crippen LogP) is 6.30. The van der Waals surface area contributed by atoms with Gasteiger partial charge in [0.05, 0.1) is 0 Å². The smallest absolute Gasteiger partial charge is 0.0230 e. The predicted molar refractivity (Wildman–Crippen MR) is 117 cm³/mol. The molecule has 0 saturated carbocycles. The van der Waals surface area contributed by atoms with E-state index in [1.165, 1.54) is 39.0 Å². The molecule has 0 amide bonds. The molecule has 0 heterocycles. The molecule has 0 spiro atoms. The second-order valence-corrected chi connectivity index (χ2v) is 7.31. The van der Waals surface area contributed by atoms with Crippen LogP contribution in [0.3, 0.4) is 0 Å². The van der Waals surface area contributed by atoms with Crippen LogP contribution in [0.1, 0.15) is 12.0 Å². The van der Waals surface area contributed by atoms with Gasteiger partial charge < -0.3 is 4.90 Å². The van der Waals surface area contributed by atoms with Gasteiger partial charge in [-0.15, -0.1) is 0 Å². The summed E-state index contributed by atoms with van der Waals surface area (Å²) in [6, 6.07) is 28.2. The summed E-state index contributed by atoms with van der Waals surface area (Å²) in [6.07, 6.45) is 5.58. The molecule has 27 heavy (non-hydrogen) atoms. The van der Waals surface area contributed by atoms with Crippen LogP contribution in [0.5, 0.6) is 0 Å². The molecule has 4 rings (SSSR count). The number of allylic oxidation sites excluding steroid dienone is 2. The van der Waals surface area contributed by atoms with E-state index in [0.717, 1.165) is 13.0 Å². The highest BCUT2D eigenvalue weighted by molar-refractivity contribution is 5.91. The lowest BCUT2D eigenvalue weighted by molar-refractivity contribution is 0.450. The lowest BCUT2D eigenvalue weighted by Crippen LogP contribution is -2.14. The molecule has 0 atom stereocenters. The number of rotatable bonds is 5. The topological polar surface area (TPSA) is 3.24 Å². The third-order valence-electron chi connectivity index (χ3n) is 5.07. The molecular weight excluding hydrogens is 326 g/mol. The minimum Gasteiger partial charge on any atom is -0.305 e. The number of hydrogen-bond acceptors (Lipinski definition) is 1. The van der Waals surface area contributed by atoms with Gasteiger partial charge in [0.2, 0.25) is 0 Å². The highest BCUT2D eigenvalue weighted by atomic mass is 15.0. The Bertz CT molecular complexity index is 993. The van der Waals surface area contributed by atoms with E-state index in [-0.39, 0.29) is 0 Å². The van der Waals surface area contributed by atoms with Gasteiger partial charge in [0.25, 0.3) is 0 Å². The van der Waals surface area contributed by atoms with E-state index in [9.17, 15) is 0 Å². The molecule has 0 aliphatic heterocycles. The van der Waals surface area contributed by atoms with Crippen LogP contribution >= 0.6 is 0 Å². The Balaban J connectivity index is 1.87. The average molecular weight is 351 g/mol. The fraction of sp³-hybridized carbons (Fsp3) is 0.154. The zero-order valence-electron chi connectivity index (χ0n) is 16.0. The molecule has 1 heteroatoms. The van der Waals surface area contributed by atoms with E-state index >= 15 is 0 Å². The van der Waals surface area contributed by atoms with Gasteiger partial charge in [0, 0.05) is 6.54 Å². The summed E-state index contributed by atoms with van der Waals surface area (Å²) in [5, 5.41) is 0. The number of benzene rings is 3. The van der Waals surface area contributed by atoms with Crippen LogP contribution in [0.15, 0.2) is 96.6 Å². The molecule has 0 bridgehead atoms. The third kappa shape index (κ3) is 3.65. The maximum atomic E-state index is 2.29. The molecule has 3 aromatic carbocycles. The quantitative estimate of drug-likeness (QED) is 0.522. The average Bonchev–Trinajstić information content (AvgIpc) is 3.16. The summed E-state index contributed by atoms with van der Waals surface area (Å²) < 4.78 is 0. The van der Waals surface area contributed by atoms with Crippen molar-refractivity contribution < 1.29 is 0 Å².